The number of nitrogens with zero attached hydrogens (tertiary/aromatic N) is 2. The third kappa shape index (κ3) is 21.9. The Bertz CT molecular complexity index is 2180. The summed E-state index contributed by atoms with van der Waals surface area (Å²) in [6.07, 6.45) is -6.95. The van der Waals surface area contributed by atoms with Gasteiger partial charge in [0.05, 0.1) is 30.5 Å². The zero-order valence-electron chi connectivity index (χ0n) is 47.3. The maximum absolute atomic E-state index is 14.6. The van der Waals surface area contributed by atoms with Crippen LogP contribution in [0.15, 0.2) is 24.3 Å². The molecule has 0 spiro atoms. The van der Waals surface area contributed by atoms with E-state index < -0.39 is 152 Å². The smallest absolute Gasteiger partial charge is 0.300 e. The number of amides is 7. The van der Waals surface area contributed by atoms with E-state index in [1.165, 1.54) is 30.7 Å². The average Bonchev–Trinajstić information content (AvgIpc) is 4.01. The minimum Gasteiger partial charge on any atom is -0.508 e. The standard InChI is InChI=1S/C52H88N10O15.C2H4O2/c1-5-28(2)24-29(3)12-10-8-6-7-9-11-13-39(69)56-34-26-38(68)46(55-22-21-54)60-50(75)43-37(67)19-23-61(43)52(77)41(36(66)18-20-53)58-49(74)42(45(71)44(70)31-14-16-32(64)17-15-31)59-48(73)35-25-33(65)27-62(35)51(76)40(30(4)63)57-47(34)72;1-2(3)4/h14-17,28-30,33-38,40-46,55,63-68,70-71H,5-13,18-27,53-54H2,1-4H3,(H,56,69)(H,57,72)(H,58,74)(H,59,73)(H,60,75);1H3,(H,3,4)/t28-,29+,30+,33+,34-,35-,36+,37-,38+,40-,41-,42-,43-,44+,45-,46-;/m0./s1. The van der Waals surface area contributed by atoms with E-state index in [0.717, 1.165) is 62.2 Å². The van der Waals surface area contributed by atoms with Crippen LogP contribution in [-0.2, 0) is 38.4 Å². The first-order valence-corrected chi connectivity index (χ1v) is 28.3. The Hall–Kier alpha value is -5.62. The van der Waals surface area contributed by atoms with E-state index in [1.54, 1.807) is 0 Å². The number of nitrogens with one attached hydrogen (secondary N) is 6. The van der Waals surface area contributed by atoms with Gasteiger partial charge < -0.3 is 93.8 Å². The highest BCUT2D eigenvalue weighted by Gasteiger charge is 2.49. The monoisotopic (exact) mass is 1150 g/mol. The molecule has 0 aromatic heterocycles. The molecule has 460 valence electrons. The molecule has 3 saturated heterocycles. The lowest BCUT2D eigenvalue weighted by molar-refractivity contribution is -0.148. The van der Waals surface area contributed by atoms with Crippen molar-refractivity contribution < 1.29 is 84.3 Å². The summed E-state index contributed by atoms with van der Waals surface area (Å²) in [6, 6.07) is -6.40. The molecule has 0 bridgehead atoms. The number of carbonyl (C=O) groups is 8. The third-order valence-corrected chi connectivity index (χ3v) is 14.9. The largest absolute Gasteiger partial charge is 0.508 e. The summed E-state index contributed by atoms with van der Waals surface area (Å²) in [4.78, 5) is 111. The van der Waals surface area contributed by atoms with E-state index in [2.05, 4.69) is 52.7 Å². The number of benzene rings is 1. The zero-order valence-corrected chi connectivity index (χ0v) is 47.3. The van der Waals surface area contributed by atoms with Crippen molar-refractivity contribution >= 4 is 47.3 Å². The Balaban J connectivity index is 0.00000416. The number of aliphatic hydroxyl groups excluding tert-OH is 7. The van der Waals surface area contributed by atoms with Crippen LogP contribution in [-0.4, -0.2) is 215 Å². The molecule has 0 unspecified atom stereocenters. The van der Waals surface area contributed by atoms with Gasteiger partial charge >= 0.3 is 0 Å². The number of hydrogen-bond donors (Lipinski definition) is 17. The highest BCUT2D eigenvalue weighted by Crippen LogP contribution is 2.27. The summed E-state index contributed by atoms with van der Waals surface area (Å²) in [6.45, 7) is 7.82. The van der Waals surface area contributed by atoms with Crippen molar-refractivity contribution in [2.45, 2.75) is 210 Å². The molecule has 19 N–H and O–H groups in total. The van der Waals surface area contributed by atoms with Gasteiger partial charge in [0.2, 0.25) is 41.4 Å². The average molecular weight is 1150 g/mol. The van der Waals surface area contributed by atoms with Gasteiger partial charge in [-0.05, 0) is 68.7 Å². The van der Waals surface area contributed by atoms with Crippen LogP contribution >= 0.6 is 0 Å². The topological polar surface area (TPSA) is 449 Å². The van der Waals surface area contributed by atoms with Crippen molar-refractivity contribution in [2.75, 3.05) is 32.7 Å². The van der Waals surface area contributed by atoms with Crippen LogP contribution in [0, 0.1) is 11.8 Å². The Labute approximate surface area is 473 Å². The van der Waals surface area contributed by atoms with E-state index in [-0.39, 0.29) is 56.8 Å². The summed E-state index contributed by atoms with van der Waals surface area (Å²) in [5.74, 6) is -7.27. The number of aliphatic carboxylic acids is 1. The van der Waals surface area contributed by atoms with Crippen LogP contribution in [0.1, 0.15) is 136 Å². The molecule has 3 fully saturated rings. The third-order valence-electron chi connectivity index (χ3n) is 14.9. The van der Waals surface area contributed by atoms with Gasteiger partial charge in [0.15, 0.2) is 0 Å². The second-order valence-corrected chi connectivity index (χ2v) is 21.8. The molecule has 27 nitrogen and oxygen atoms in total. The summed E-state index contributed by atoms with van der Waals surface area (Å²) in [5, 5.41) is 112. The molecule has 1 aromatic rings. The van der Waals surface area contributed by atoms with Gasteiger partial charge in [-0.25, -0.2) is 0 Å². The second-order valence-electron chi connectivity index (χ2n) is 21.8. The summed E-state index contributed by atoms with van der Waals surface area (Å²) >= 11 is 0. The molecule has 0 aliphatic carbocycles. The molecule has 1 aromatic carbocycles. The number of rotatable bonds is 23. The van der Waals surface area contributed by atoms with Crippen molar-refractivity contribution in [2.24, 2.45) is 23.3 Å². The number of nitrogens with two attached hydrogens (primary N) is 2. The van der Waals surface area contributed by atoms with E-state index in [4.69, 9.17) is 21.4 Å². The summed E-state index contributed by atoms with van der Waals surface area (Å²) < 4.78 is 0. The van der Waals surface area contributed by atoms with Crippen LogP contribution in [0.5, 0.6) is 5.75 Å². The molecule has 27 heteroatoms. The minimum atomic E-state index is -2.28. The van der Waals surface area contributed by atoms with Gasteiger partial charge in [0.1, 0.15) is 60.4 Å². The maximum Gasteiger partial charge on any atom is 0.300 e. The zero-order chi connectivity index (χ0) is 60.7. The van der Waals surface area contributed by atoms with Crippen molar-refractivity contribution in [3.8, 4) is 5.75 Å². The van der Waals surface area contributed by atoms with Crippen LogP contribution in [0.4, 0.5) is 0 Å². The number of aliphatic hydroxyl groups is 7. The molecule has 7 amide bonds. The molecule has 0 radical (unpaired) electrons. The molecule has 0 saturated carbocycles. The molecule has 4 rings (SSSR count). The van der Waals surface area contributed by atoms with E-state index in [1.807, 2.05) is 0 Å². The number of carboxylic acid groups (broad SMARTS) is 1. The number of phenolic OH excluding ortho intramolecular Hbond substituents is 1. The molecule has 3 heterocycles. The lowest BCUT2D eigenvalue weighted by Gasteiger charge is -2.35. The molecule has 3 aliphatic heterocycles. The molecule has 16 atom stereocenters. The van der Waals surface area contributed by atoms with Crippen LogP contribution in [0.25, 0.3) is 0 Å². The molecular weight excluding hydrogens is 1060 g/mol. The highest BCUT2D eigenvalue weighted by atomic mass is 16.4. The normalized spacial score (nSPS) is 27.5. The fraction of sp³-hybridized carbons (Fsp3) is 0.741. The fourth-order valence-corrected chi connectivity index (χ4v) is 10.2. The predicted octanol–water partition coefficient (Wildman–Crippen LogP) is -3.22. The summed E-state index contributed by atoms with van der Waals surface area (Å²) in [7, 11) is 0. The SMILES string of the molecule is CC(=O)O.CC[C@H](C)C[C@H](C)CCCCCCCCC(=O)N[C@H]1C[C@@H](O)[C@@H](NCCN)NC(=O)[C@@H]2[C@@H](O)CCN2C(=O)[C@H]([C@H](O)CCN)NC(=O)[C@H]([C@H](O)[C@H](O)c2ccc(O)cc2)NC(=O)[C@@H]2C[C@@H](O)CN2C(=O)[C@H]([C@@H](C)O)NC1=O. The Morgan fingerprint density at radius 2 is 1.31 bits per heavy atom. The number of aromatic hydroxyl groups is 1. The van der Waals surface area contributed by atoms with Crippen molar-refractivity contribution in [1.29, 1.82) is 0 Å². The van der Waals surface area contributed by atoms with E-state index in [0.29, 0.717) is 24.7 Å². The molecular formula is C54H92N10O17. The van der Waals surface area contributed by atoms with Crippen molar-refractivity contribution in [1.82, 2.24) is 41.7 Å². The fourth-order valence-electron chi connectivity index (χ4n) is 10.2. The van der Waals surface area contributed by atoms with Gasteiger partial charge in [0, 0.05) is 52.4 Å². The first-order valence-electron chi connectivity index (χ1n) is 28.3. The van der Waals surface area contributed by atoms with Gasteiger partial charge in [-0.1, -0.05) is 77.8 Å². The van der Waals surface area contributed by atoms with Crippen LogP contribution < -0.4 is 43.4 Å². The van der Waals surface area contributed by atoms with E-state index in [9.17, 15) is 74.4 Å². The number of carbonyl (C=O) groups excluding carboxylic acids is 7. The predicted molar refractivity (Wildman–Crippen MR) is 293 cm³/mol. The highest BCUT2D eigenvalue weighted by molar-refractivity contribution is 5.98. The van der Waals surface area contributed by atoms with Crippen molar-refractivity contribution in [3.63, 3.8) is 0 Å². The van der Waals surface area contributed by atoms with Gasteiger partial charge in [-0.2, -0.15) is 0 Å². The van der Waals surface area contributed by atoms with Gasteiger partial charge in [0.25, 0.3) is 5.97 Å². The lowest BCUT2D eigenvalue weighted by atomic mass is 9.91. The first kappa shape index (κ1) is 69.6. The Kier molecular flexibility index (Phi) is 29.9. The number of fused-ring (bicyclic) bond motifs is 2. The maximum atomic E-state index is 14.6. The van der Waals surface area contributed by atoms with Crippen molar-refractivity contribution in [3.05, 3.63) is 29.8 Å². The Morgan fingerprint density at radius 3 is 1.91 bits per heavy atom. The molecule has 3 aliphatic rings. The van der Waals surface area contributed by atoms with Crippen LogP contribution in [0.2, 0.25) is 0 Å². The first-order chi connectivity index (χ1) is 38.3. The van der Waals surface area contributed by atoms with E-state index >= 15 is 0 Å². The van der Waals surface area contributed by atoms with Crippen LogP contribution in [0.3, 0.4) is 0 Å². The second kappa shape index (κ2) is 34.7. The van der Waals surface area contributed by atoms with Gasteiger partial charge in [-0.15, -0.1) is 0 Å². The number of phenols is 1. The Morgan fingerprint density at radius 1 is 0.716 bits per heavy atom. The number of carboxylic acids is 1. The number of hydrogen-bond acceptors (Lipinski definition) is 19. The lowest BCUT2D eigenvalue weighted by Crippen LogP contribution is -2.65. The van der Waals surface area contributed by atoms with Gasteiger partial charge in [-0.3, -0.25) is 43.7 Å². The quantitative estimate of drug-likeness (QED) is 0.0479. The number of unbranched alkanes of at least 4 members (excludes halogenated alkanes) is 5. The summed E-state index contributed by atoms with van der Waals surface area (Å²) in [5.41, 5.74) is 11.5. The molecule has 81 heavy (non-hydrogen) atoms. The minimum absolute atomic E-state index is 0.0257.